The number of methoxy groups -OCH3 is 2. The molecule has 0 radical (unpaired) electrons. The van der Waals surface area contributed by atoms with Crippen LogP contribution in [0.25, 0.3) is 10.9 Å². The highest BCUT2D eigenvalue weighted by Crippen LogP contribution is 2.19. The first-order valence-electron chi connectivity index (χ1n) is 8.40. The molecule has 2 aromatic rings. The number of aromatic nitrogens is 1. The minimum absolute atomic E-state index is 0.0472. The van der Waals surface area contributed by atoms with E-state index < -0.39 is 23.7 Å². The number of rotatable bonds is 5. The summed E-state index contributed by atoms with van der Waals surface area (Å²) in [7, 11) is 2.76. The Morgan fingerprint density at radius 2 is 1.89 bits per heavy atom. The van der Waals surface area contributed by atoms with Gasteiger partial charge in [0.05, 0.1) is 14.2 Å². The monoisotopic (exact) mass is 376 g/mol. The van der Waals surface area contributed by atoms with Crippen LogP contribution in [0.2, 0.25) is 0 Å². The summed E-state index contributed by atoms with van der Waals surface area (Å²) < 4.78 is 15.1. The second-order valence-electron chi connectivity index (χ2n) is 7.00. The van der Waals surface area contributed by atoms with Crippen molar-refractivity contribution in [2.24, 2.45) is 0 Å². The lowest BCUT2D eigenvalue weighted by molar-refractivity contribution is -0.143. The number of amides is 1. The molecule has 1 atom stereocenters. The Morgan fingerprint density at radius 1 is 1.19 bits per heavy atom. The van der Waals surface area contributed by atoms with Crippen LogP contribution < -0.4 is 15.6 Å². The summed E-state index contributed by atoms with van der Waals surface area (Å²) in [6.07, 6.45) is -0.814. The van der Waals surface area contributed by atoms with Crippen molar-refractivity contribution >= 4 is 23.0 Å². The highest BCUT2D eigenvalue weighted by Gasteiger charge is 2.26. The minimum atomic E-state index is -1.06. The van der Waals surface area contributed by atoms with Gasteiger partial charge in [0.15, 0.2) is 0 Å². The number of alkyl carbamates (subject to hydrolysis) is 1. The number of hydrogen-bond acceptors (Lipinski definition) is 6. The average molecular weight is 376 g/mol. The van der Waals surface area contributed by atoms with E-state index >= 15 is 0 Å². The quantitative estimate of drug-likeness (QED) is 0.775. The summed E-state index contributed by atoms with van der Waals surface area (Å²) in [5.41, 5.74) is -0.115. The smallest absolute Gasteiger partial charge is 0.408 e. The summed E-state index contributed by atoms with van der Waals surface area (Å²) in [6.45, 7) is 5.13. The minimum Gasteiger partial charge on any atom is -0.497 e. The molecule has 1 heterocycles. The molecule has 1 unspecified atom stereocenters. The fourth-order valence-corrected chi connectivity index (χ4v) is 2.51. The van der Waals surface area contributed by atoms with Crippen molar-refractivity contribution in [3.63, 3.8) is 0 Å². The van der Waals surface area contributed by atoms with Crippen LogP contribution >= 0.6 is 0 Å². The van der Waals surface area contributed by atoms with E-state index in [0.717, 1.165) is 5.39 Å². The maximum atomic E-state index is 12.4. The van der Waals surface area contributed by atoms with Gasteiger partial charge in [-0.1, -0.05) is 0 Å². The molecule has 1 aromatic heterocycles. The van der Waals surface area contributed by atoms with Crippen molar-refractivity contribution in [1.29, 1.82) is 0 Å². The number of aromatic amines is 1. The molecule has 2 rings (SSSR count). The van der Waals surface area contributed by atoms with Gasteiger partial charge in [0.2, 0.25) is 0 Å². The molecule has 27 heavy (non-hydrogen) atoms. The number of esters is 1. The van der Waals surface area contributed by atoms with E-state index in [1.807, 2.05) is 0 Å². The summed E-state index contributed by atoms with van der Waals surface area (Å²) in [5.74, 6) is -0.0390. The second kappa shape index (κ2) is 8.11. The third-order valence-corrected chi connectivity index (χ3v) is 3.73. The van der Waals surface area contributed by atoms with Crippen molar-refractivity contribution in [3.05, 3.63) is 40.2 Å². The van der Waals surface area contributed by atoms with Crippen LogP contribution in [0.4, 0.5) is 4.79 Å². The van der Waals surface area contributed by atoms with E-state index in [1.165, 1.54) is 7.11 Å². The highest BCUT2D eigenvalue weighted by molar-refractivity contribution is 5.83. The van der Waals surface area contributed by atoms with Gasteiger partial charge in [-0.25, -0.2) is 9.59 Å². The first-order chi connectivity index (χ1) is 12.6. The maximum Gasteiger partial charge on any atom is 0.408 e. The lowest BCUT2D eigenvalue weighted by Crippen LogP contribution is -2.45. The molecule has 146 valence electrons. The van der Waals surface area contributed by atoms with E-state index in [-0.39, 0.29) is 12.0 Å². The largest absolute Gasteiger partial charge is 0.497 e. The van der Waals surface area contributed by atoms with E-state index in [0.29, 0.717) is 16.8 Å². The van der Waals surface area contributed by atoms with E-state index in [1.54, 1.807) is 52.1 Å². The first kappa shape index (κ1) is 20.3. The van der Waals surface area contributed by atoms with Gasteiger partial charge in [-0.05, 0) is 45.0 Å². The molecule has 0 bridgehead atoms. The number of hydrogen-bond donors (Lipinski definition) is 2. The van der Waals surface area contributed by atoms with Gasteiger partial charge in [-0.3, -0.25) is 4.79 Å². The molecule has 8 heteroatoms. The molecular formula is C19H24N2O6. The van der Waals surface area contributed by atoms with Crippen LogP contribution in [0.15, 0.2) is 29.1 Å². The lowest BCUT2D eigenvalue weighted by atomic mass is 10.1. The maximum absolute atomic E-state index is 12.4. The Hall–Kier alpha value is -3.03. The fraction of sp³-hybridized carbons (Fsp3) is 0.421. The van der Waals surface area contributed by atoms with Crippen LogP contribution in [0.3, 0.4) is 0 Å². The first-order valence-corrected chi connectivity index (χ1v) is 8.40. The predicted octanol–water partition coefficient (Wildman–Crippen LogP) is 2.15. The molecular weight excluding hydrogens is 352 g/mol. The SMILES string of the molecule is COC(=O)C(Cc1cc2cc(OC)ccc2[nH]c1=O)NC(=O)OC(C)(C)C. The normalized spacial score (nSPS) is 12.3. The van der Waals surface area contributed by atoms with Gasteiger partial charge in [0.25, 0.3) is 5.56 Å². The third kappa shape index (κ3) is 5.47. The van der Waals surface area contributed by atoms with Crippen LogP contribution in [0.5, 0.6) is 5.75 Å². The second-order valence-corrected chi connectivity index (χ2v) is 7.00. The Labute approximate surface area is 156 Å². The fourth-order valence-electron chi connectivity index (χ4n) is 2.51. The molecule has 0 fully saturated rings. The van der Waals surface area contributed by atoms with E-state index in [2.05, 4.69) is 10.3 Å². The molecule has 0 spiro atoms. The topological polar surface area (TPSA) is 107 Å². The van der Waals surface area contributed by atoms with E-state index in [9.17, 15) is 14.4 Å². The molecule has 8 nitrogen and oxygen atoms in total. The van der Waals surface area contributed by atoms with Gasteiger partial charge in [-0.2, -0.15) is 0 Å². The number of carbonyl (C=O) groups excluding carboxylic acids is 2. The van der Waals surface area contributed by atoms with E-state index in [4.69, 9.17) is 14.2 Å². The zero-order valence-corrected chi connectivity index (χ0v) is 16.0. The van der Waals surface area contributed by atoms with Crippen molar-refractivity contribution in [2.45, 2.75) is 38.8 Å². The molecule has 0 saturated heterocycles. The van der Waals surface area contributed by atoms with Gasteiger partial charge >= 0.3 is 12.1 Å². The number of ether oxygens (including phenoxy) is 3. The predicted molar refractivity (Wildman–Crippen MR) is 100.0 cm³/mol. The standard InChI is InChI=1S/C19H24N2O6/c1-19(2,3)27-18(24)21-15(17(23)26-5)10-12-8-11-9-13(25-4)6-7-14(11)20-16(12)22/h6-9,15H,10H2,1-5H3,(H,20,22)(H,21,24). The number of H-pyrrole nitrogens is 1. The lowest BCUT2D eigenvalue weighted by Gasteiger charge is -2.22. The Kier molecular flexibility index (Phi) is 6.09. The Balaban J connectivity index is 2.30. The zero-order chi connectivity index (χ0) is 20.2. The van der Waals surface area contributed by atoms with Gasteiger partial charge in [-0.15, -0.1) is 0 Å². The van der Waals surface area contributed by atoms with Crippen molar-refractivity contribution in [3.8, 4) is 5.75 Å². The molecule has 1 amide bonds. The summed E-state index contributed by atoms with van der Waals surface area (Å²) in [5, 5.41) is 3.20. The zero-order valence-electron chi connectivity index (χ0n) is 16.0. The van der Waals surface area contributed by atoms with Crippen molar-refractivity contribution in [2.75, 3.05) is 14.2 Å². The summed E-state index contributed by atoms with van der Waals surface area (Å²) >= 11 is 0. The highest BCUT2D eigenvalue weighted by atomic mass is 16.6. The van der Waals surface area contributed by atoms with Gasteiger partial charge < -0.3 is 24.5 Å². The number of fused-ring (bicyclic) bond motifs is 1. The van der Waals surface area contributed by atoms with Gasteiger partial charge in [0, 0.05) is 22.9 Å². The molecule has 0 aliphatic rings. The molecule has 0 saturated carbocycles. The molecule has 2 N–H and O–H groups in total. The van der Waals surface area contributed by atoms with Gasteiger partial charge in [0.1, 0.15) is 17.4 Å². The van der Waals surface area contributed by atoms with Crippen LogP contribution in [0.1, 0.15) is 26.3 Å². The number of carbonyl (C=O) groups is 2. The third-order valence-electron chi connectivity index (χ3n) is 3.73. The van der Waals surface area contributed by atoms with Crippen LogP contribution in [-0.2, 0) is 20.7 Å². The summed E-state index contributed by atoms with van der Waals surface area (Å²) in [4.78, 5) is 39.2. The Bertz CT molecular complexity index is 897. The number of benzene rings is 1. The van der Waals surface area contributed by atoms with Crippen molar-refractivity contribution < 1.29 is 23.8 Å². The summed E-state index contributed by atoms with van der Waals surface area (Å²) in [6, 6.07) is 5.83. The average Bonchev–Trinajstić information content (AvgIpc) is 2.59. The van der Waals surface area contributed by atoms with Crippen LogP contribution in [-0.4, -0.2) is 42.9 Å². The number of nitrogens with one attached hydrogen (secondary N) is 2. The van der Waals surface area contributed by atoms with Crippen LogP contribution in [0, 0.1) is 0 Å². The van der Waals surface area contributed by atoms with Crippen molar-refractivity contribution in [1.82, 2.24) is 10.3 Å². The number of pyridine rings is 1. The molecule has 0 aliphatic heterocycles. The molecule has 0 aliphatic carbocycles. The Morgan fingerprint density at radius 3 is 2.48 bits per heavy atom. The molecule has 1 aromatic carbocycles.